The molecule has 0 aliphatic rings. The average molecular weight is 336 g/mol. The Morgan fingerprint density at radius 2 is 1.88 bits per heavy atom. The summed E-state index contributed by atoms with van der Waals surface area (Å²) in [5.41, 5.74) is 2.58. The van der Waals surface area contributed by atoms with Crippen LogP contribution in [0.1, 0.15) is 21.6 Å². The zero-order valence-corrected chi connectivity index (χ0v) is 14.1. The maximum atomic E-state index is 12.1. The van der Waals surface area contributed by atoms with Gasteiger partial charge in [-0.15, -0.1) is 5.10 Å². The van der Waals surface area contributed by atoms with Gasteiger partial charge in [-0.3, -0.25) is 4.79 Å². The second-order valence-corrected chi connectivity index (χ2v) is 5.70. The van der Waals surface area contributed by atoms with Crippen LogP contribution in [-0.4, -0.2) is 34.1 Å². The number of nitrogens with one attached hydrogen (secondary N) is 1. The number of nitrogens with zero attached hydrogens (tertiary/aromatic N) is 3. The lowest BCUT2D eigenvalue weighted by Crippen LogP contribution is -2.28. The first kappa shape index (κ1) is 16.7. The fourth-order valence-electron chi connectivity index (χ4n) is 2.31. The Hall–Kier alpha value is -3.15. The van der Waals surface area contributed by atoms with Gasteiger partial charge in [-0.25, -0.2) is 4.68 Å². The molecular weight excluding hydrogens is 316 g/mol. The highest BCUT2D eigenvalue weighted by Crippen LogP contribution is 2.10. The Morgan fingerprint density at radius 1 is 1.12 bits per heavy atom. The Balaban J connectivity index is 1.44. The fraction of sp³-hybridized carbons (Fsp3) is 0.211. The molecule has 0 saturated heterocycles. The van der Waals surface area contributed by atoms with Crippen molar-refractivity contribution in [1.82, 2.24) is 20.3 Å². The summed E-state index contributed by atoms with van der Waals surface area (Å²) in [4.78, 5) is 12.1. The van der Waals surface area contributed by atoms with Gasteiger partial charge in [0.05, 0.1) is 19.3 Å². The lowest BCUT2D eigenvalue weighted by molar-refractivity contribution is 0.0942. The second kappa shape index (κ2) is 8.10. The molecule has 6 heteroatoms. The van der Waals surface area contributed by atoms with Gasteiger partial charge in [0.2, 0.25) is 0 Å². The summed E-state index contributed by atoms with van der Waals surface area (Å²) in [7, 11) is 0. The van der Waals surface area contributed by atoms with Gasteiger partial charge < -0.3 is 10.1 Å². The first-order chi connectivity index (χ1) is 12.2. The highest BCUT2D eigenvalue weighted by Gasteiger charge is 2.10. The van der Waals surface area contributed by atoms with Gasteiger partial charge >= 0.3 is 0 Å². The summed E-state index contributed by atoms with van der Waals surface area (Å²) < 4.78 is 7.22. The van der Waals surface area contributed by atoms with Crippen molar-refractivity contribution in [3.05, 3.63) is 77.6 Å². The van der Waals surface area contributed by atoms with Crippen LogP contribution in [0.3, 0.4) is 0 Å². The molecule has 1 heterocycles. The number of ether oxygens (including phenoxy) is 1. The van der Waals surface area contributed by atoms with E-state index in [9.17, 15) is 4.79 Å². The number of hydrogen-bond donors (Lipinski definition) is 1. The smallest absolute Gasteiger partial charge is 0.273 e. The van der Waals surface area contributed by atoms with Crippen molar-refractivity contribution in [2.45, 2.75) is 13.5 Å². The molecule has 0 aliphatic carbocycles. The predicted molar refractivity (Wildman–Crippen MR) is 94.6 cm³/mol. The Labute approximate surface area is 146 Å². The van der Waals surface area contributed by atoms with Crippen molar-refractivity contribution < 1.29 is 9.53 Å². The molecule has 0 saturated carbocycles. The van der Waals surface area contributed by atoms with E-state index >= 15 is 0 Å². The minimum Gasteiger partial charge on any atom is -0.492 e. The normalized spacial score (nSPS) is 10.4. The third kappa shape index (κ3) is 4.91. The molecule has 1 N–H and O–H groups in total. The van der Waals surface area contributed by atoms with E-state index in [0.717, 1.165) is 11.3 Å². The van der Waals surface area contributed by atoms with E-state index in [1.165, 1.54) is 5.56 Å². The first-order valence-corrected chi connectivity index (χ1v) is 8.12. The van der Waals surface area contributed by atoms with E-state index in [0.29, 0.717) is 25.4 Å². The molecule has 1 aromatic heterocycles. The number of hydrogen-bond acceptors (Lipinski definition) is 4. The SMILES string of the molecule is Cc1ccc(OCCNC(=O)c2cn(Cc3ccccc3)nn2)cc1. The lowest BCUT2D eigenvalue weighted by Gasteiger charge is -2.07. The zero-order chi connectivity index (χ0) is 17.5. The highest BCUT2D eigenvalue weighted by molar-refractivity contribution is 5.91. The Bertz CT molecular complexity index is 813. The molecule has 6 nitrogen and oxygen atoms in total. The van der Waals surface area contributed by atoms with Crippen LogP contribution in [0.5, 0.6) is 5.75 Å². The molecule has 3 aromatic rings. The zero-order valence-electron chi connectivity index (χ0n) is 14.1. The first-order valence-electron chi connectivity index (χ1n) is 8.12. The Kier molecular flexibility index (Phi) is 5.41. The minimum absolute atomic E-state index is 0.258. The van der Waals surface area contributed by atoms with E-state index in [4.69, 9.17) is 4.74 Å². The van der Waals surface area contributed by atoms with Crippen molar-refractivity contribution in [3.63, 3.8) is 0 Å². The number of carbonyl (C=O) groups is 1. The van der Waals surface area contributed by atoms with E-state index in [1.54, 1.807) is 10.9 Å². The molecule has 2 aromatic carbocycles. The van der Waals surface area contributed by atoms with Crippen molar-refractivity contribution in [2.75, 3.05) is 13.2 Å². The fourth-order valence-corrected chi connectivity index (χ4v) is 2.31. The molecule has 0 unspecified atom stereocenters. The molecule has 3 rings (SSSR count). The van der Waals surface area contributed by atoms with Crippen LogP contribution in [0.15, 0.2) is 60.8 Å². The van der Waals surface area contributed by atoms with Crippen LogP contribution in [0, 0.1) is 6.92 Å². The standard InChI is InChI=1S/C19H20N4O2/c1-15-7-9-17(10-8-15)25-12-11-20-19(24)18-14-23(22-21-18)13-16-5-3-2-4-6-16/h2-10,14H,11-13H2,1H3,(H,20,24). The summed E-state index contributed by atoms with van der Waals surface area (Å²) in [5.74, 6) is 0.528. The van der Waals surface area contributed by atoms with Crippen LogP contribution >= 0.6 is 0 Å². The van der Waals surface area contributed by atoms with Gasteiger partial charge in [-0.2, -0.15) is 0 Å². The number of rotatable bonds is 7. The predicted octanol–water partition coefficient (Wildman–Crippen LogP) is 2.44. The molecule has 25 heavy (non-hydrogen) atoms. The number of aromatic nitrogens is 3. The molecule has 0 atom stereocenters. The number of benzene rings is 2. The largest absolute Gasteiger partial charge is 0.492 e. The molecule has 0 bridgehead atoms. The van der Waals surface area contributed by atoms with Crippen molar-refractivity contribution >= 4 is 5.91 Å². The van der Waals surface area contributed by atoms with Crippen LogP contribution in [0.25, 0.3) is 0 Å². The third-order valence-electron chi connectivity index (χ3n) is 3.64. The van der Waals surface area contributed by atoms with E-state index in [-0.39, 0.29) is 5.91 Å². The molecular formula is C19H20N4O2. The summed E-state index contributed by atoms with van der Waals surface area (Å²) in [6.07, 6.45) is 1.64. The molecule has 1 amide bonds. The summed E-state index contributed by atoms with van der Waals surface area (Å²) in [6.45, 7) is 3.40. The van der Waals surface area contributed by atoms with E-state index in [2.05, 4.69) is 15.6 Å². The monoisotopic (exact) mass is 336 g/mol. The lowest BCUT2D eigenvalue weighted by atomic mass is 10.2. The molecule has 0 radical (unpaired) electrons. The molecule has 0 aliphatic heterocycles. The van der Waals surface area contributed by atoms with Crippen molar-refractivity contribution in [3.8, 4) is 5.75 Å². The van der Waals surface area contributed by atoms with E-state index in [1.807, 2.05) is 61.5 Å². The maximum Gasteiger partial charge on any atom is 0.273 e. The van der Waals surface area contributed by atoms with Gasteiger partial charge in [-0.1, -0.05) is 53.2 Å². The number of carbonyl (C=O) groups excluding carboxylic acids is 1. The van der Waals surface area contributed by atoms with Crippen LogP contribution in [0.4, 0.5) is 0 Å². The summed E-state index contributed by atoms with van der Waals surface area (Å²) >= 11 is 0. The second-order valence-electron chi connectivity index (χ2n) is 5.70. The molecule has 0 spiro atoms. The topological polar surface area (TPSA) is 69.0 Å². The summed E-state index contributed by atoms with van der Waals surface area (Å²) in [6, 6.07) is 17.7. The van der Waals surface area contributed by atoms with Gasteiger partial charge in [-0.05, 0) is 24.6 Å². The van der Waals surface area contributed by atoms with Gasteiger partial charge in [0.25, 0.3) is 5.91 Å². The van der Waals surface area contributed by atoms with Gasteiger partial charge in [0, 0.05) is 0 Å². The highest BCUT2D eigenvalue weighted by atomic mass is 16.5. The van der Waals surface area contributed by atoms with Crippen LogP contribution in [-0.2, 0) is 6.54 Å². The number of aryl methyl sites for hydroxylation is 1. The van der Waals surface area contributed by atoms with Crippen LogP contribution in [0.2, 0.25) is 0 Å². The van der Waals surface area contributed by atoms with Crippen molar-refractivity contribution in [2.24, 2.45) is 0 Å². The van der Waals surface area contributed by atoms with Gasteiger partial charge in [0.1, 0.15) is 12.4 Å². The van der Waals surface area contributed by atoms with E-state index < -0.39 is 0 Å². The Morgan fingerprint density at radius 3 is 2.64 bits per heavy atom. The average Bonchev–Trinajstić information content (AvgIpc) is 3.09. The van der Waals surface area contributed by atoms with Crippen LogP contribution < -0.4 is 10.1 Å². The quantitative estimate of drug-likeness (QED) is 0.673. The molecule has 128 valence electrons. The van der Waals surface area contributed by atoms with Crippen molar-refractivity contribution in [1.29, 1.82) is 0 Å². The number of amides is 1. The third-order valence-corrected chi connectivity index (χ3v) is 3.64. The maximum absolute atomic E-state index is 12.1. The summed E-state index contributed by atoms with van der Waals surface area (Å²) in [5, 5.41) is 10.7. The minimum atomic E-state index is -0.258. The van der Waals surface area contributed by atoms with Gasteiger partial charge in [0.15, 0.2) is 5.69 Å². The molecule has 0 fully saturated rings.